The van der Waals surface area contributed by atoms with Crippen molar-refractivity contribution in [3.63, 3.8) is 0 Å². The first-order valence-corrected chi connectivity index (χ1v) is 7.73. The van der Waals surface area contributed by atoms with Gasteiger partial charge in [-0.05, 0) is 45.2 Å². The van der Waals surface area contributed by atoms with E-state index in [2.05, 4.69) is 10.4 Å². The number of nitrogens with one attached hydrogen (secondary N) is 1. The molecule has 0 aliphatic heterocycles. The van der Waals surface area contributed by atoms with Crippen LogP contribution in [0.5, 0.6) is 5.75 Å². The topological polar surface area (TPSA) is 59.4 Å². The van der Waals surface area contributed by atoms with Crippen LogP contribution in [0.3, 0.4) is 0 Å². The molecule has 0 fully saturated rings. The molecule has 0 unspecified atom stereocenters. The zero-order chi connectivity index (χ0) is 17.7. The Morgan fingerprint density at radius 2 is 2.00 bits per heavy atom. The van der Waals surface area contributed by atoms with E-state index in [4.69, 9.17) is 4.74 Å². The second-order valence-electron chi connectivity index (χ2n) is 5.76. The minimum absolute atomic E-state index is 0.0986. The summed E-state index contributed by atoms with van der Waals surface area (Å²) in [6, 6.07) is 5.86. The molecule has 0 aliphatic rings. The van der Waals surface area contributed by atoms with E-state index in [9.17, 15) is 9.18 Å². The maximum atomic E-state index is 12.8. The van der Waals surface area contributed by atoms with E-state index in [-0.39, 0.29) is 18.3 Å². The summed E-state index contributed by atoms with van der Waals surface area (Å²) in [4.78, 5) is 14.0. The van der Waals surface area contributed by atoms with Gasteiger partial charge < -0.3 is 10.1 Å². The summed E-state index contributed by atoms with van der Waals surface area (Å²) >= 11 is 0. The van der Waals surface area contributed by atoms with Crippen LogP contribution in [0.15, 0.2) is 24.3 Å². The van der Waals surface area contributed by atoms with Crippen LogP contribution in [0.25, 0.3) is 0 Å². The van der Waals surface area contributed by atoms with E-state index >= 15 is 0 Å². The molecule has 0 saturated carbocycles. The summed E-state index contributed by atoms with van der Waals surface area (Å²) in [6.45, 7) is 5.02. The lowest BCUT2D eigenvalue weighted by molar-refractivity contribution is -0.117. The molecule has 0 saturated heterocycles. The summed E-state index contributed by atoms with van der Waals surface area (Å²) in [6.07, 6.45) is 0. The average molecular weight is 334 g/mol. The largest absolute Gasteiger partial charge is 0.492 e. The van der Waals surface area contributed by atoms with Crippen molar-refractivity contribution in [3.8, 4) is 5.75 Å². The second kappa shape index (κ2) is 7.92. The highest BCUT2D eigenvalue weighted by Gasteiger charge is 2.13. The Morgan fingerprint density at radius 3 is 2.58 bits per heavy atom. The monoisotopic (exact) mass is 334 g/mol. The minimum Gasteiger partial charge on any atom is -0.492 e. The minimum atomic E-state index is -0.294. The van der Waals surface area contributed by atoms with Gasteiger partial charge in [-0.3, -0.25) is 14.4 Å². The zero-order valence-electron chi connectivity index (χ0n) is 14.5. The summed E-state index contributed by atoms with van der Waals surface area (Å²) in [5, 5.41) is 7.17. The van der Waals surface area contributed by atoms with Crippen molar-refractivity contribution >= 4 is 11.6 Å². The maximum Gasteiger partial charge on any atom is 0.238 e. The number of benzene rings is 1. The number of amides is 1. The van der Waals surface area contributed by atoms with Crippen LogP contribution < -0.4 is 10.1 Å². The quantitative estimate of drug-likeness (QED) is 0.843. The second-order valence-corrected chi connectivity index (χ2v) is 5.76. The number of likely N-dealkylation sites (N-methyl/N-ethyl adjacent to an activating group) is 1. The number of carbonyl (C=O) groups is 1. The first-order valence-electron chi connectivity index (χ1n) is 7.73. The lowest BCUT2D eigenvalue weighted by Gasteiger charge is -2.16. The zero-order valence-corrected chi connectivity index (χ0v) is 14.5. The van der Waals surface area contributed by atoms with Crippen molar-refractivity contribution < 1.29 is 13.9 Å². The lowest BCUT2D eigenvalue weighted by atomic mass is 10.3. The Kier molecular flexibility index (Phi) is 5.92. The molecule has 1 heterocycles. The van der Waals surface area contributed by atoms with Gasteiger partial charge in [-0.2, -0.15) is 5.10 Å². The molecule has 0 aliphatic carbocycles. The number of aryl methyl sites for hydroxylation is 2. The van der Waals surface area contributed by atoms with E-state index in [1.807, 2.05) is 32.8 Å². The number of nitrogens with zero attached hydrogens (tertiary/aromatic N) is 3. The standard InChI is InChI=1S/C17H23FN4O2/c1-12-17(13(2)22(4)20-12)19-16(23)11-21(3)9-10-24-15-7-5-14(18)6-8-15/h5-8H,9-11H2,1-4H3,(H,19,23). The highest BCUT2D eigenvalue weighted by Crippen LogP contribution is 2.18. The average Bonchev–Trinajstić information content (AvgIpc) is 2.75. The molecule has 1 N–H and O–H groups in total. The fraction of sp³-hybridized carbons (Fsp3) is 0.412. The first kappa shape index (κ1) is 17.9. The Balaban J connectivity index is 1.76. The van der Waals surface area contributed by atoms with Crippen LogP contribution in [0, 0.1) is 19.7 Å². The van der Waals surface area contributed by atoms with Crippen molar-refractivity contribution in [1.29, 1.82) is 0 Å². The molecule has 130 valence electrons. The van der Waals surface area contributed by atoms with Crippen LogP contribution in [-0.4, -0.2) is 47.3 Å². The third-order valence-electron chi connectivity index (χ3n) is 3.74. The van der Waals surface area contributed by atoms with Gasteiger partial charge >= 0.3 is 0 Å². The van der Waals surface area contributed by atoms with Crippen molar-refractivity contribution in [2.75, 3.05) is 32.1 Å². The van der Waals surface area contributed by atoms with Gasteiger partial charge in [-0.1, -0.05) is 0 Å². The molecular weight excluding hydrogens is 311 g/mol. The van der Waals surface area contributed by atoms with Crippen molar-refractivity contribution in [3.05, 3.63) is 41.5 Å². The molecule has 2 rings (SSSR count). The molecule has 0 bridgehead atoms. The molecular formula is C17H23FN4O2. The smallest absolute Gasteiger partial charge is 0.238 e. The van der Waals surface area contributed by atoms with Gasteiger partial charge in [-0.25, -0.2) is 4.39 Å². The Bertz CT molecular complexity index is 697. The summed E-state index contributed by atoms with van der Waals surface area (Å²) in [7, 11) is 3.69. The molecule has 7 heteroatoms. The van der Waals surface area contributed by atoms with Gasteiger partial charge in [-0.15, -0.1) is 0 Å². The molecule has 0 spiro atoms. The highest BCUT2D eigenvalue weighted by atomic mass is 19.1. The Morgan fingerprint density at radius 1 is 1.33 bits per heavy atom. The van der Waals surface area contributed by atoms with Crippen molar-refractivity contribution in [2.45, 2.75) is 13.8 Å². The summed E-state index contributed by atoms with van der Waals surface area (Å²) < 4.78 is 20.1. The predicted molar refractivity (Wildman–Crippen MR) is 90.7 cm³/mol. The van der Waals surface area contributed by atoms with E-state index in [1.54, 1.807) is 16.8 Å². The van der Waals surface area contributed by atoms with Crippen molar-refractivity contribution in [1.82, 2.24) is 14.7 Å². The number of ether oxygens (including phenoxy) is 1. The molecule has 1 aromatic heterocycles. The summed E-state index contributed by atoms with van der Waals surface area (Å²) in [5.74, 6) is 0.214. The highest BCUT2D eigenvalue weighted by molar-refractivity contribution is 5.93. The summed E-state index contributed by atoms with van der Waals surface area (Å²) in [5.41, 5.74) is 2.48. The van der Waals surface area contributed by atoms with Crippen LogP contribution >= 0.6 is 0 Å². The molecule has 0 atom stereocenters. The number of anilines is 1. The van der Waals surface area contributed by atoms with Gasteiger partial charge in [0.15, 0.2) is 0 Å². The van der Waals surface area contributed by atoms with Gasteiger partial charge in [0.05, 0.1) is 23.6 Å². The van der Waals surface area contributed by atoms with E-state index in [0.29, 0.717) is 18.9 Å². The number of aromatic nitrogens is 2. The number of rotatable bonds is 7. The van der Waals surface area contributed by atoms with E-state index in [0.717, 1.165) is 17.1 Å². The maximum absolute atomic E-state index is 12.8. The molecule has 6 nitrogen and oxygen atoms in total. The Hall–Kier alpha value is -2.41. The molecule has 1 amide bonds. The van der Waals surface area contributed by atoms with Crippen LogP contribution in [-0.2, 0) is 11.8 Å². The van der Waals surface area contributed by atoms with E-state index < -0.39 is 0 Å². The van der Waals surface area contributed by atoms with Gasteiger partial charge in [0.25, 0.3) is 0 Å². The lowest BCUT2D eigenvalue weighted by Crippen LogP contribution is -2.33. The molecule has 2 aromatic rings. The molecule has 1 aromatic carbocycles. The Labute approximate surface area is 141 Å². The number of hydrogen-bond acceptors (Lipinski definition) is 4. The predicted octanol–water partition coefficient (Wildman–Crippen LogP) is 2.13. The SMILES string of the molecule is Cc1nn(C)c(C)c1NC(=O)CN(C)CCOc1ccc(F)cc1. The van der Waals surface area contributed by atoms with Crippen LogP contribution in [0.4, 0.5) is 10.1 Å². The van der Waals surface area contributed by atoms with Crippen molar-refractivity contribution in [2.24, 2.45) is 7.05 Å². The molecule has 24 heavy (non-hydrogen) atoms. The third-order valence-corrected chi connectivity index (χ3v) is 3.74. The number of halogens is 1. The first-order chi connectivity index (χ1) is 11.4. The van der Waals surface area contributed by atoms with Gasteiger partial charge in [0.1, 0.15) is 18.2 Å². The number of carbonyl (C=O) groups excluding carboxylic acids is 1. The van der Waals surface area contributed by atoms with Gasteiger partial charge in [0.2, 0.25) is 5.91 Å². The fourth-order valence-electron chi connectivity index (χ4n) is 2.31. The normalized spacial score (nSPS) is 10.9. The van der Waals surface area contributed by atoms with Gasteiger partial charge in [0, 0.05) is 13.6 Å². The third kappa shape index (κ3) is 4.79. The molecule has 0 radical (unpaired) electrons. The van der Waals surface area contributed by atoms with E-state index in [1.165, 1.54) is 12.1 Å². The van der Waals surface area contributed by atoms with Crippen LogP contribution in [0.1, 0.15) is 11.4 Å². The number of hydrogen-bond donors (Lipinski definition) is 1. The fourth-order valence-corrected chi connectivity index (χ4v) is 2.31. The van der Waals surface area contributed by atoms with Crippen LogP contribution in [0.2, 0.25) is 0 Å².